The number of aryl methyl sites for hydroxylation is 2. The first kappa shape index (κ1) is 22.7. The molecule has 1 N–H and O–H groups in total. The van der Waals surface area contributed by atoms with Crippen molar-refractivity contribution in [3.05, 3.63) is 59.2 Å². The van der Waals surface area contributed by atoms with E-state index in [-0.39, 0.29) is 12.0 Å². The smallest absolute Gasteiger partial charge is 0.243 e. The highest BCUT2D eigenvalue weighted by atomic mass is 32.2. The average Bonchev–Trinajstić information content (AvgIpc) is 2.62. The van der Waals surface area contributed by atoms with Gasteiger partial charge < -0.3 is 10.1 Å². The molecule has 2 aromatic rings. The maximum absolute atomic E-state index is 12.7. The molecule has 0 aliphatic rings. The van der Waals surface area contributed by atoms with E-state index in [9.17, 15) is 13.2 Å². The lowest BCUT2D eigenvalue weighted by atomic mass is 10.1. The standard InChI is InChI=1S/C22H30N2O4S/c1-15(2)28-20-11-9-19(10-12-20)14-23-22(25)18(5)24(29(6,26)27)21-13-16(3)7-8-17(21)4/h7-13,15,18H,14H2,1-6H3,(H,23,25)/t18-/m1/s1. The van der Waals surface area contributed by atoms with E-state index < -0.39 is 16.1 Å². The highest BCUT2D eigenvalue weighted by molar-refractivity contribution is 7.92. The van der Waals surface area contributed by atoms with Gasteiger partial charge in [-0.25, -0.2) is 8.42 Å². The third-order valence-corrected chi connectivity index (χ3v) is 5.68. The summed E-state index contributed by atoms with van der Waals surface area (Å²) in [6.45, 7) is 9.53. The molecule has 0 fully saturated rings. The molecule has 0 saturated carbocycles. The maximum atomic E-state index is 12.7. The van der Waals surface area contributed by atoms with Gasteiger partial charge in [-0.15, -0.1) is 0 Å². The van der Waals surface area contributed by atoms with Crippen molar-refractivity contribution in [2.75, 3.05) is 10.6 Å². The van der Waals surface area contributed by atoms with Gasteiger partial charge in [0.25, 0.3) is 0 Å². The number of amides is 1. The van der Waals surface area contributed by atoms with E-state index in [1.807, 2.05) is 64.1 Å². The number of carbonyl (C=O) groups excluding carboxylic acids is 1. The molecule has 0 heterocycles. The fraction of sp³-hybridized carbons (Fsp3) is 0.409. The Kier molecular flexibility index (Phi) is 7.30. The van der Waals surface area contributed by atoms with Gasteiger partial charge in [0.15, 0.2) is 0 Å². The molecule has 1 amide bonds. The van der Waals surface area contributed by atoms with Crippen LogP contribution in [0.2, 0.25) is 0 Å². The first-order valence-corrected chi connectivity index (χ1v) is 11.4. The van der Waals surface area contributed by atoms with Crippen molar-refractivity contribution < 1.29 is 17.9 Å². The van der Waals surface area contributed by atoms with Crippen LogP contribution < -0.4 is 14.4 Å². The zero-order chi connectivity index (χ0) is 21.8. The largest absolute Gasteiger partial charge is 0.491 e. The minimum Gasteiger partial charge on any atom is -0.491 e. The lowest BCUT2D eigenvalue weighted by molar-refractivity contribution is -0.122. The Hall–Kier alpha value is -2.54. The lowest BCUT2D eigenvalue weighted by Gasteiger charge is -2.29. The molecule has 0 spiro atoms. The fourth-order valence-electron chi connectivity index (χ4n) is 3.03. The Morgan fingerprint density at radius 1 is 1.07 bits per heavy atom. The van der Waals surface area contributed by atoms with Gasteiger partial charge in [-0.2, -0.15) is 0 Å². The number of hydrogen-bond donors (Lipinski definition) is 1. The second-order valence-corrected chi connectivity index (χ2v) is 9.41. The van der Waals surface area contributed by atoms with E-state index in [4.69, 9.17) is 4.74 Å². The highest BCUT2D eigenvalue weighted by Gasteiger charge is 2.30. The number of ether oxygens (including phenoxy) is 1. The second kappa shape index (κ2) is 9.31. The van der Waals surface area contributed by atoms with Gasteiger partial charge >= 0.3 is 0 Å². The number of sulfonamides is 1. The molecule has 1 atom stereocenters. The van der Waals surface area contributed by atoms with Gasteiger partial charge in [-0.1, -0.05) is 24.3 Å². The first-order valence-electron chi connectivity index (χ1n) is 9.59. The predicted molar refractivity (Wildman–Crippen MR) is 117 cm³/mol. The van der Waals surface area contributed by atoms with E-state index in [0.717, 1.165) is 28.7 Å². The van der Waals surface area contributed by atoms with Crippen molar-refractivity contribution >= 4 is 21.6 Å². The second-order valence-electron chi connectivity index (χ2n) is 7.55. The van der Waals surface area contributed by atoms with Crippen molar-refractivity contribution in [3.8, 4) is 5.75 Å². The topological polar surface area (TPSA) is 75.7 Å². The average molecular weight is 419 g/mol. The Morgan fingerprint density at radius 2 is 1.69 bits per heavy atom. The van der Waals surface area contributed by atoms with Crippen LogP contribution in [0.25, 0.3) is 0 Å². The summed E-state index contributed by atoms with van der Waals surface area (Å²) in [5.41, 5.74) is 3.14. The molecule has 2 rings (SSSR count). The van der Waals surface area contributed by atoms with E-state index in [2.05, 4.69) is 5.32 Å². The fourth-order valence-corrected chi connectivity index (χ4v) is 4.26. The van der Waals surface area contributed by atoms with Crippen LogP contribution in [-0.4, -0.2) is 32.7 Å². The summed E-state index contributed by atoms with van der Waals surface area (Å²) >= 11 is 0. The molecule has 29 heavy (non-hydrogen) atoms. The predicted octanol–water partition coefficient (Wildman–Crippen LogP) is 3.56. The van der Waals surface area contributed by atoms with Crippen LogP contribution >= 0.6 is 0 Å². The van der Waals surface area contributed by atoms with Crippen molar-refractivity contribution in [1.82, 2.24) is 5.32 Å². The van der Waals surface area contributed by atoms with E-state index in [0.29, 0.717) is 12.2 Å². The molecule has 0 unspecified atom stereocenters. The summed E-state index contributed by atoms with van der Waals surface area (Å²) in [4.78, 5) is 12.7. The normalized spacial score (nSPS) is 12.5. The SMILES string of the molecule is Cc1ccc(C)c(N([C@H](C)C(=O)NCc2ccc(OC(C)C)cc2)S(C)(=O)=O)c1. The Balaban J connectivity index is 2.14. The third kappa shape index (κ3) is 6.22. The van der Waals surface area contributed by atoms with Crippen molar-refractivity contribution in [3.63, 3.8) is 0 Å². The van der Waals surface area contributed by atoms with E-state index in [1.165, 1.54) is 4.31 Å². The molecule has 2 aromatic carbocycles. The maximum Gasteiger partial charge on any atom is 0.243 e. The summed E-state index contributed by atoms with van der Waals surface area (Å²) in [6, 6.07) is 12.1. The summed E-state index contributed by atoms with van der Waals surface area (Å²) < 4.78 is 31.7. The van der Waals surface area contributed by atoms with E-state index in [1.54, 1.807) is 13.0 Å². The summed E-state index contributed by atoms with van der Waals surface area (Å²) in [6.07, 6.45) is 1.21. The Morgan fingerprint density at radius 3 is 2.24 bits per heavy atom. The summed E-state index contributed by atoms with van der Waals surface area (Å²) in [5, 5.41) is 2.83. The van der Waals surface area contributed by atoms with E-state index >= 15 is 0 Å². The number of nitrogens with zero attached hydrogens (tertiary/aromatic N) is 1. The van der Waals surface area contributed by atoms with Gasteiger partial charge in [-0.05, 0) is 69.5 Å². The molecule has 7 heteroatoms. The van der Waals surface area contributed by atoms with Crippen LogP contribution in [0.5, 0.6) is 5.75 Å². The summed E-state index contributed by atoms with van der Waals surface area (Å²) in [7, 11) is -3.65. The van der Waals surface area contributed by atoms with Gasteiger partial charge in [-0.3, -0.25) is 9.10 Å². The third-order valence-electron chi connectivity index (χ3n) is 4.45. The molecule has 0 saturated heterocycles. The number of benzene rings is 2. The first-order chi connectivity index (χ1) is 13.5. The highest BCUT2D eigenvalue weighted by Crippen LogP contribution is 2.26. The van der Waals surface area contributed by atoms with Crippen molar-refractivity contribution in [2.45, 2.75) is 53.3 Å². The monoisotopic (exact) mass is 418 g/mol. The number of nitrogens with one attached hydrogen (secondary N) is 1. The number of hydrogen-bond acceptors (Lipinski definition) is 4. The lowest BCUT2D eigenvalue weighted by Crippen LogP contribution is -2.48. The van der Waals surface area contributed by atoms with Gasteiger partial charge in [0, 0.05) is 6.54 Å². The van der Waals surface area contributed by atoms with Gasteiger partial charge in [0.2, 0.25) is 15.9 Å². The quantitative estimate of drug-likeness (QED) is 0.711. The zero-order valence-corrected chi connectivity index (χ0v) is 18.7. The van der Waals surface area contributed by atoms with Crippen LogP contribution in [0.3, 0.4) is 0 Å². The zero-order valence-electron chi connectivity index (χ0n) is 17.9. The van der Waals surface area contributed by atoms with Crippen LogP contribution in [0.1, 0.15) is 37.5 Å². The van der Waals surface area contributed by atoms with Crippen LogP contribution in [0.15, 0.2) is 42.5 Å². The number of anilines is 1. The van der Waals surface area contributed by atoms with Crippen molar-refractivity contribution in [1.29, 1.82) is 0 Å². The van der Waals surface area contributed by atoms with Gasteiger partial charge in [0.1, 0.15) is 11.8 Å². The number of carbonyl (C=O) groups is 1. The minimum atomic E-state index is -3.65. The Bertz CT molecular complexity index is 953. The molecule has 0 aliphatic heterocycles. The van der Waals surface area contributed by atoms with Gasteiger partial charge in [0.05, 0.1) is 18.0 Å². The van der Waals surface area contributed by atoms with Crippen LogP contribution in [0.4, 0.5) is 5.69 Å². The molecule has 6 nitrogen and oxygen atoms in total. The Labute approximate surface area is 173 Å². The molecule has 0 radical (unpaired) electrons. The minimum absolute atomic E-state index is 0.0912. The molecule has 0 bridgehead atoms. The molecule has 158 valence electrons. The summed E-state index contributed by atoms with van der Waals surface area (Å²) in [5.74, 6) is 0.403. The van der Waals surface area contributed by atoms with Crippen LogP contribution in [0, 0.1) is 13.8 Å². The molecular weight excluding hydrogens is 388 g/mol. The molecule has 0 aromatic heterocycles. The number of rotatable bonds is 8. The van der Waals surface area contributed by atoms with Crippen LogP contribution in [-0.2, 0) is 21.4 Å². The molecule has 0 aliphatic carbocycles. The van der Waals surface area contributed by atoms with Crippen molar-refractivity contribution in [2.24, 2.45) is 0 Å². The molecular formula is C22H30N2O4S.